The lowest BCUT2D eigenvalue weighted by molar-refractivity contribution is -0.124. The number of nitrogens with two attached hydrogens (primary N) is 1. The lowest BCUT2D eigenvalue weighted by Gasteiger charge is -2.33. The summed E-state index contributed by atoms with van der Waals surface area (Å²) in [6.45, 7) is 5.73. The molecule has 0 spiro atoms. The molecule has 0 aromatic rings. The second-order valence-corrected chi connectivity index (χ2v) is 5.14. The molecule has 2 aliphatic rings. The number of carbonyl (C=O) groups is 1. The maximum absolute atomic E-state index is 11.4. The number of amides is 1. The first kappa shape index (κ1) is 12.5. The van der Waals surface area contributed by atoms with Crippen molar-refractivity contribution in [1.29, 1.82) is 0 Å². The highest BCUT2D eigenvalue weighted by Crippen LogP contribution is 2.40. The van der Waals surface area contributed by atoms with Crippen LogP contribution in [0.5, 0.6) is 0 Å². The monoisotopic (exact) mass is 246 g/mol. The van der Waals surface area contributed by atoms with Crippen molar-refractivity contribution in [2.45, 2.75) is 27.2 Å². The maximum Gasteiger partial charge on any atom is 0.227 e. The van der Waals surface area contributed by atoms with Gasteiger partial charge in [0.2, 0.25) is 5.91 Å². The van der Waals surface area contributed by atoms with Crippen LogP contribution in [0.1, 0.15) is 27.2 Å². The van der Waals surface area contributed by atoms with Crippen molar-refractivity contribution < 1.29 is 9.53 Å². The molecule has 1 heterocycles. The molecule has 2 N–H and O–H groups in total. The Hall–Kier alpha value is -1.97. The fourth-order valence-electron chi connectivity index (χ4n) is 2.22. The van der Waals surface area contributed by atoms with E-state index in [0.29, 0.717) is 11.5 Å². The number of hydrogen-bond donors (Lipinski definition) is 1. The summed E-state index contributed by atoms with van der Waals surface area (Å²) in [5.41, 5.74) is 7.59. The number of carbonyl (C=O) groups excluding carboxylic acids is 1. The van der Waals surface area contributed by atoms with Crippen molar-refractivity contribution >= 4 is 5.91 Å². The van der Waals surface area contributed by atoms with Gasteiger partial charge in [-0.3, -0.25) is 9.69 Å². The smallest absolute Gasteiger partial charge is 0.227 e. The number of allylic oxidation sites excluding steroid dienone is 3. The minimum atomic E-state index is -0.0989. The summed E-state index contributed by atoms with van der Waals surface area (Å²) >= 11 is 0. The predicted octanol–water partition coefficient (Wildman–Crippen LogP) is 2.38. The Balaban J connectivity index is 2.42. The van der Waals surface area contributed by atoms with Crippen LogP contribution in [0.25, 0.3) is 0 Å². The zero-order chi connectivity index (χ0) is 13.3. The molecule has 4 nitrogen and oxygen atoms in total. The SMILES string of the molecule is CC(=O)N1C=COC(C2=C(N)C=CCC2(C)C)=C1. The Kier molecular flexibility index (Phi) is 3.03. The van der Waals surface area contributed by atoms with Crippen LogP contribution in [0.4, 0.5) is 0 Å². The normalized spacial score (nSPS) is 21.7. The van der Waals surface area contributed by atoms with E-state index in [1.807, 2.05) is 6.08 Å². The standard InChI is InChI=1S/C14H18N2O2/c1-10(17)16-7-8-18-12(9-16)13-11(15)5-4-6-14(13,2)3/h4-5,7-9H,6,15H2,1-3H3. The molecule has 0 saturated heterocycles. The van der Waals surface area contributed by atoms with E-state index in [1.54, 1.807) is 12.4 Å². The molecule has 0 fully saturated rings. The third-order valence-corrected chi connectivity index (χ3v) is 3.17. The zero-order valence-electron chi connectivity index (χ0n) is 10.9. The van der Waals surface area contributed by atoms with Crippen LogP contribution in [-0.4, -0.2) is 10.8 Å². The van der Waals surface area contributed by atoms with Crippen LogP contribution >= 0.6 is 0 Å². The van der Waals surface area contributed by atoms with Gasteiger partial charge >= 0.3 is 0 Å². The molecule has 18 heavy (non-hydrogen) atoms. The lowest BCUT2D eigenvalue weighted by atomic mass is 9.76. The second kappa shape index (κ2) is 4.37. The average molecular weight is 246 g/mol. The first-order chi connectivity index (χ1) is 8.42. The van der Waals surface area contributed by atoms with Crippen molar-refractivity contribution in [3.05, 3.63) is 47.8 Å². The van der Waals surface area contributed by atoms with Gasteiger partial charge in [0.1, 0.15) is 12.0 Å². The van der Waals surface area contributed by atoms with Crippen LogP contribution in [0.2, 0.25) is 0 Å². The van der Waals surface area contributed by atoms with Crippen LogP contribution in [0.3, 0.4) is 0 Å². The van der Waals surface area contributed by atoms with Gasteiger partial charge in [0, 0.05) is 24.4 Å². The highest BCUT2D eigenvalue weighted by molar-refractivity contribution is 5.76. The lowest BCUT2D eigenvalue weighted by Crippen LogP contribution is -2.26. The van der Waals surface area contributed by atoms with Gasteiger partial charge in [0.15, 0.2) is 0 Å². The van der Waals surface area contributed by atoms with Crippen LogP contribution in [0, 0.1) is 5.41 Å². The van der Waals surface area contributed by atoms with Gasteiger partial charge in [-0.2, -0.15) is 0 Å². The fraction of sp³-hybridized carbons (Fsp3) is 0.357. The van der Waals surface area contributed by atoms with Gasteiger partial charge < -0.3 is 10.5 Å². The molecule has 96 valence electrons. The summed E-state index contributed by atoms with van der Waals surface area (Å²) in [7, 11) is 0. The Bertz CT molecular complexity index is 496. The van der Waals surface area contributed by atoms with Crippen molar-refractivity contribution in [1.82, 2.24) is 4.90 Å². The number of ether oxygens (including phenoxy) is 1. The quantitative estimate of drug-likeness (QED) is 0.772. The molecular formula is C14H18N2O2. The molecule has 2 rings (SSSR count). The Morgan fingerprint density at radius 3 is 2.83 bits per heavy atom. The summed E-state index contributed by atoms with van der Waals surface area (Å²) in [5, 5.41) is 0. The van der Waals surface area contributed by atoms with E-state index in [2.05, 4.69) is 19.9 Å². The largest absolute Gasteiger partial charge is 0.462 e. The minimum Gasteiger partial charge on any atom is -0.462 e. The van der Waals surface area contributed by atoms with Crippen LogP contribution in [-0.2, 0) is 9.53 Å². The maximum atomic E-state index is 11.4. The van der Waals surface area contributed by atoms with Crippen molar-refractivity contribution in [3.63, 3.8) is 0 Å². The summed E-state index contributed by atoms with van der Waals surface area (Å²) in [4.78, 5) is 12.9. The van der Waals surface area contributed by atoms with Crippen LogP contribution in [0.15, 0.2) is 47.8 Å². The molecule has 0 atom stereocenters. The van der Waals surface area contributed by atoms with Gasteiger partial charge in [0.05, 0.1) is 6.20 Å². The molecular weight excluding hydrogens is 228 g/mol. The van der Waals surface area contributed by atoms with Gasteiger partial charge in [-0.05, 0) is 17.9 Å². The molecule has 0 aromatic carbocycles. The first-order valence-corrected chi connectivity index (χ1v) is 5.93. The fourth-order valence-corrected chi connectivity index (χ4v) is 2.22. The molecule has 0 unspecified atom stereocenters. The summed E-state index contributed by atoms with van der Waals surface area (Å²) in [6.07, 6.45) is 9.63. The molecule has 4 heteroatoms. The highest BCUT2D eigenvalue weighted by Gasteiger charge is 2.31. The average Bonchev–Trinajstić information content (AvgIpc) is 2.28. The van der Waals surface area contributed by atoms with Crippen molar-refractivity contribution in [3.8, 4) is 0 Å². The highest BCUT2D eigenvalue weighted by atomic mass is 16.5. The Morgan fingerprint density at radius 2 is 2.22 bits per heavy atom. The van der Waals surface area contributed by atoms with E-state index in [0.717, 1.165) is 12.0 Å². The molecule has 1 aliphatic carbocycles. The summed E-state index contributed by atoms with van der Waals surface area (Å²) in [6, 6.07) is 0. The number of nitrogens with zero attached hydrogens (tertiary/aromatic N) is 1. The summed E-state index contributed by atoms with van der Waals surface area (Å²) < 4.78 is 5.52. The molecule has 0 saturated carbocycles. The molecule has 0 bridgehead atoms. The first-order valence-electron chi connectivity index (χ1n) is 5.93. The van der Waals surface area contributed by atoms with E-state index >= 15 is 0 Å². The van der Waals surface area contributed by atoms with Gasteiger partial charge in [-0.25, -0.2) is 0 Å². The van der Waals surface area contributed by atoms with Crippen molar-refractivity contribution in [2.24, 2.45) is 11.1 Å². The van der Waals surface area contributed by atoms with Gasteiger partial charge in [-0.1, -0.05) is 19.9 Å². The third kappa shape index (κ3) is 2.18. The second-order valence-electron chi connectivity index (χ2n) is 5.14. The Labute approximate surface area is 107 Å². The van der Waals surface area contributed by atoms with Crippen LogP contribution < -0.4 is 5.73 Å². The minimum absolute atomic E-state index is 0.0598. The summed E-state index contributed by atoms with van der Waals surface area (Å²) in [5.74, 6) is 0.579. The number of rotatable bonds is 1. The van der Waals surface area contributed by atoms with Crippen molar-refractivity contribution in [2.75, 3.05) is 0 Å². The van der Waals surface area contributed by atoms with E-state index in [-0.39, 0.29) is 11.3 Å². The number of hydrogen-bond acceptors (Lipinski definition) is 3. The Morgan fingerprint density at radius 1 is 1.50 bits per heavy atom. The molecule has 0 aromatic heterocycles. The zero-order valence-corrected chi connectivity index (χ0v) is 10.9. The van der Waals surface area contributed by atoms with Gasteiger partial charge in [-0.15, -0.1) is 0 Å². The molecule has 1 amide bonds. The van der Waals surface area contributed by atoms with E-state index in [1.165, 1.54) is 18.1 Å². The topological polar surface area (TPSA) is 55.6 Å². The van der Waals surface area contributed by atoms with Gasteiger partial charge in [0.25, 0.3) is 0 Å². The van der Waals surface area contributed by atoms with E-state index in [4.69, 9.17) is 10.5 Å². The van der Waals surface area contributed by atoms with E-state index in [9.17, 15) is 4.79 Å². The molecule has 0 radical (unpaired) electrons. The predicted molar refractivity (Wildman–Crippen MR) is 69.6 cm³/mol. The molecule has 1 aliphatic heterocycles. The van der Waals surface area contributed by atoms with E-state index < -0.39 is 0 Å². The third-order valence-electron chi connectivity index (χ3n) is 3.17.